The molecule has 0 spiro atoms. The first-order chi connectivity index (χ1) is 8.96. The van der Waals surface area contributed by atoms with Crippen molar-refractivity contribution >= 4 is 26.5 Å². The van der Waals surface area contributed by atoms with Crippen LogP contribution < -0.4 is 5.73 Å². The van der Waals surface area contributed by atoms with Gasteiger partial charge in [-0.3, -0.25) is 0 Å². The minimum absolute atomic E-state index is 0.0806. The van der Waals surface area contributed by atoms with Gasteiger partial charge in [-0.1, -0.05) is 0 Å². The highest BCUT2D eigenvalue weighted by molar-refractivity contribution is 7.89. The van der Waals surface area contributed by atoms with E-state index in [1.807, 2.05) is 0 Å². The lowest BCUT2D eigenvalue weighted by atomic mass is 10.4. The van der Waals surface area contributed by atoms with Crippen molar-refractivity contribution in [3.63, 3.8) is 0 Å². The molecule has 2 N–H and O–H groups in total. The van der Waals surface area contributed by atoms with Gasteiger partial charge in [-0.2, -0.15) is 4.31 Å². The number of nitrogens with zero attached hydrogens (tertiary/aromatic N) is 2. The summed E-state index contributed by atoms with van der Waals surface area (Å²) in [6.07, 6.45) is 0. The van der Waals surface area contributed by atoms with E-state index in [9.17, 15) is 12.8 Å². The number of thiazole rings is 1. The zero-order valence-corrected chi connectivity index (χ0v) is 11.3. The van der Waals surface area contributed by atoms with Crippen molar-refractivity contribution in [1.82, 2.24) is 9.29 Å². The van der Waals surface area contributed by atoms with E-state index in [2.05, 4.69) is 4.98 Å². The van der Waals surface area contributed by atoms with E-state index in [0.717, 1.165) is 17.0 Å². The summed E-state index contributed by atoms with van der Waals surface area (Å²) >= 11 is 1.29. The van der Waals surface area contributed by atoms with Gasteiger partial charge in [-0.05, 0) is 24.3 Å². The molecule has 2 heterocycles. The highest BCUT2D eigenvalue weighted by Gasteiger charge is 2.32. The molecule has 0 radical (unpaired) electrons. The van der Waals surface area contributed by atoms with E-state index in [-0.39, 0.29) is 18.0 Å². The van der Waals surface area contributed by atoms with E-state index >= 15 is 0 Å². The number of aromatic nitrogens is 1. The molecule has 1 aliphatic heterocycles. The molecule has 100 valence electrons. The molecule has 0 aliphatic carbocycles. The Bertz CT molecular complexity index is 701. The Balaban J connectivity index is 1.91. The lowest BCUT2D eigenvalue weighted by Crippen LogP contribution is -2.25. The molecule has 1 aromatic heterocycles. The molecule has 1 aromatic carbocycles. The Morgan fingerprint density at radius 3 is 2.58 bits per heavy atom. The molecule has 0 unspecified atom stereocenters. The first-order valence-corrected chi connectivity index (χ1v) is 7.72. The summed E-state index contributed by atoms with van der Waals surface area (Å²) in [6.45, 7) is 0.479. The van der Waals surface area contributed by atoms with Crippen LogP contribution in [0.2, 0.25) is 0 Å². The molecule has 0 fully saturated rings. The minimum atomic E-state index is -3.61. The Labute approximate surface area is 113 Å². The number of fused-ring (bicyclic) bond motifs is 1. The van der Waals surface area contributed by atoms with E-state index in [1.165, 1.54) is 27.8 Å². The van der Waals surface area contributed by atoms with Gasteiger partial charge in [-0.15, -0.1) is 11.3 Å². The van der Waals surface area contributed by atoms with Crippen LogP contribution in [-0.4, -0.2) is 17.7 Å². The first-order valence-electron chi connectivity index (χ1n) is 5.46. The van der Waals surface area contributed by atoms with E-state index < -0.39 is 15.8 Å². The van der Waals surface area contributed by atoms with Crippen molar-refractivity contribution < 1.29 is 12.8 Å². The van der Waals surface area contributed by atoms with Gasteiger partial charge >= 0.3 is 0 Å². The highest BCUT2D eigenvalue weighted by Crippen LogP contribution is 2.32. The number of halogens is 1. The summed E-state index contributed by atoms with van der Waals surface area (Å²) in [5.41, 5.74) is 6.27. The van der Waals surface area contributed by atoms with Gasteiger partial charge in [0.25, 0.3) is 0 Å². The number of hydrogen-bond acceptors (Lipinski definition) is 5. The molecule has 0 atom stereocenters. The van der Waals surface area contributed by atoms with Crippen LogP contribution in [0.1, 0.15) is 10.6 Å². The van der Waals surface area contributed by atoms with Crippen molar-refractivity contribution in [3.8, 4) is 0 Å². The second-order valence-corrected chi connectivity index (χ2v) is 7.20. The normalized spacial score (nSPS) is 15.6. The summed E-state index contributed by atoms with van der Waals surface area (Å²) in [6, 6.07) is 4.79. The average molecular weight is 299 g/mol. The summed E-state index contributed by atoms with van der Waals surface area (Å²) in [7, 11) is -3.61. The summed E-state index contributed by atoms with van der Waals surface area (Å²) in [4.78, 5) is 5.04. The van der Waals surface area contributed by atoms with Gasteiger partial charge in [0.2, 0.25) is 10.0 Å². The fourth-order valence-corrected chi connectivity index (χ4v) is 4.27. The van der Waals surface area contributed by atoms with Crippen LogP contribution in [0.3, 0.4) is 0 Å². The molecule has 3 rings (SSSR count). The molecule has 5 nitrogen and oxygen atoms in total. The maximum atomic E-state index is 12.8. The number of anilines is 1. The summed E-state index contributed by atoms with van der Waals surface area (Å²) < 4.78 is 38.8. The third-order valence-electron chi connectivity index (χ3n) is 2.89. The molecule has 0 amide bonds. The molecular formula is C11H10FN3O2S2. The summed E-state index contributed by atoms with van der Waals surface area (Å²) in [5.74, 6) is -0.464. The third-order valence-corrected chi connectivity index (χ3v) is 5.61. The standard InChI is InChI=1S/C11H10FN3O2S2/c12-7-1-3-8(4-2-7)19(16,17)15-5-9-10(6-15)18-11(13)14-9/h1-4H,5-6H2,(H2,13,14). The van der Waals surface area contributed by atoms with Crippen molar-refractivity contribution in [1.29, 1.82) is 0 Å². The van der Waals surface area contributed by atoms with Crippen LogP contribution >= 0.6 is 11.3 Å². The van der Waals surface area contributed by atoms with Gasteiger partial charge in [0.05, 0.1) is 23.7 Å². The topological polar surface area (TPSA) is 76.3 Å². The molecular weight excluding hydrogens is 289 g/mol. The van der Waals surface area contributed by atoms with Crippen LogP contribution in [-0.2, 0) is 23.1 Å². The largest absolute Gasteiger partial charge is 0.375 e. The number of nitrogens with two attached hydrogens (primary N) is 1. The van der Waals surface area contributed by atoms with Crippen molar-refractivity contribution in [2.24, 2.45) is 0 Å². The van der Waals surface area contributed by atoms with Crippen LogP contribution in [0.4, 0.5) is 9.52 Å². The van der Waals surface area contributed by atoms with E-state index in [4.69, 9.17) is 5.73 Å². The van der Waals surface area contributed by atoms with Gasteiger partial charge in [0.1, 0.15) is 5.82 Å². The smallest absolute Gasteiger partial charge is 0.243 e. The molecule has 2 aromatic rings. The maximum absolute atomic E-state index is 12.8. The highest BCUT2D eigenvalue weighted by atomic mass is 32.2. The molecule has 0 bridgehead atoms. The second-order valence-electron chi connectivity index (χ2n) is 4.15. The predicted molar refractivity (Wildman–Crippen MR) is 69.4 cm³/mol. The SMILES string of the molecule is Nc1nc2c(s1)CN(S(=O)(=O)c1ccc(F)cc1)C2. The number of rotatable bonds is 2. The average Bonchev–Trinajstić information content (AvgIpc) is 2.87. The number of sulfonamides is 1. The first kappa shape index (κ1) is 12.5. The molecule has 0 saturated heterocycles. The zero-order valence-electron chi connectivity index (χ0n) is 9.71. The molecule has 1 aliphatic rings. The van der Waals surface area contributed by atoms with Crippen LogP contribution in [0.15, 0.2) is 29.2 Å². The van der Waals surface area contributed by atoms with Crippen molar-refractivity contribution in [3.05, 3.63) is 40.7 Å². The van der Waals surface area contributed by atoms with Gasteiger partial charge in [0.15, 0.2) is 5.13 Å². The Kier molecular flexibility index (Phi) is 2.80. The van der Waals surface area contributed by atoms with Crippen LogP contribution in [0.5, 0.6) is 0 Å². The number of nitrogen functional groups attached to an aromatic ring is 1. The van der Waals surface area contributed by atoms with Crippen molar-refractivity contribution in [2.75, 3.05) is 5.73 Å². The van der Waals surface area contributed by atoms with Crippen LogP contribution in [0.25, 0.3) is 0 Å². The van der Waals surface area contributed by atoms with Crippen molar-refractivity contribution in [2.45, 2.75) is 18.0 Å². The Hall–Kier alpha value is -1.51. The fourth-order valence-electron chi connectivity index (χ4n) is 1.96. The van der Waals surface area contributed by atoms with Gasteiger partial charge in [0, 0.05) is 4.88 Å². The summed E-state index contributed by atoms with van der Waals surface area (Å²) in [5, 5.41) is 0.448. The Morgan fingerprint density at radius 2 is 1.95 bits per heavy atom. The van der Waals surface area contributed by atoms with E-state index in [1.54, 1.807) is 0 Å². The van der Waals surface area contributed by atoms with Gasteiger partial charge < -0.3 is 5.73 Å². The second kappa shape index (κ2) is 4.26. The quantitative estimate of drug-likeness (QED) is 0.913. The van der Waals surface area contributed by atoms with Crippen LogP contribution in [0, 0.1) is 5.82 Å². The Morgan fingerprint density at radius 1 is 1.26 bits per heavy atom. The minimum Gasteiger partial charge on any atom is -0.375 e. The van der Waals surface area contributed by atoms with Gasteiger partial charge in [-0.25, -0.2) is 17.8 Å². The maximum Gasteiger partial charge on any atom is 0.243 e. The molecule has 8 heteroatoms. The monoisotopic (exact) mass is 299 g/mol. The number of hydrogen-bond donors (Lipinski definition) is 1. The molecule has 19 heavy (non-hydrogen) atoms. The lowest BCUT2D eigenvalue weighted by molar-refractivity contribution is 0.430. The third kappa shape index (κ3) is 2.11. The number of benzene rings is 1. The van der Waals surface area contributed by atoms with E-state index in [0.29, 0.717) is 10.8 Å². The lowest BCUT2D eigenvalue weighted by Gasteiger charge is -2.15. The fraction of sp³-hybridized carbons (Fsp3) is 0.182. The molecule has 0 saturated carbocycles. The zero-order chi connectivity index (χ0) is 13.6. The predicted octanol–water partition coefficient (Wildman–Crippen LogP) is 1.57.